The first-order valence-electron chi connectivity index (χ1n) is 8.13. The third-order valence-corrected chi connectivity index (χ3v) is 5.34. The molecule has 0 saturated heterocycles. The van der Waals surface area contributed by atoms with E-state index in [1.807, 2.05) is 0 Å². The summed E-state index contributed by atoms with van der Waals surface area (Å²) in [6, 6.07) is 9.63. The summed E-state index contributed by atoms with van der Waals surface area (Å²) in [5.41, 5.74) is 1.34. The van der Waals surface area contributed by atoms with E-state index in [1.54, 1.807) is 0 Å². The van der Waals surface area contributed by atoms with Gasteiger partial charge in [0, 0.05) is 23.6 Å². The van der Waals surface area contributed by atoms with Gasteiger partial charge in [0.05, 0.1) is 6.61 Å². The van der Waals surface area contributed by atoms with Crippen LogP contribution in [0, 0.1) is 17.8 Å². The van der Waals surface area contributed by atoms with Gasteiger partial charge < -0.3 is 10.1 Å². The van der Waals surface area contributed by atoms with Crippen LogP contribution in [0.15, 0.2) is 24.3 Å². The van der Waals surface area contributed by atoms with Gasteiger partial charge in [-0.25, -0.2) is 0 Å². The number of benzene rings is 1. The van der Waals surface area contributed by atoms with Crippen molar-refractivity contribution in [3.8, 4) is 5.75 Å². The molecule has 1 saturated carbocycles. The predicted octanol–water partition coefficient (Wildman–Crippen LogP) is 4.17. The van der Waals surface area contributed by atoms with Gasteiger partial charge in [-0.05, 0) is 37.2 Å². The molecule has 0 spiro atoms. The van der Waals surface area contributed by atoms with Crippen molar-refractivity contribution < 1.29 is 4.74 Å². The highest BCUT2D eigenvalue weighted by Gasteiger charge is 2.32. The third-order valence-electron chi connectivity index (χ3n) is 5.34. The Kier molecular flexibility index (Phi) is 4.02. The number of fused-ring (bicyclic) bond motifs is 1. The van der Waals surface area contributed by atoms with Gasteiger partial charge in [0.25, 0.3) is 0 Å². The molecule has 20 heavy (non-hydrogen) atoms. The second-order valence-electron chi connectivity index (χ2n) is 6.93. The Morgan fingerprint density at radius 3 is 2.60 bits per heavy atom. The van der Waals surface area contributed by atoms with Crippen LogP contribution >= 0.6 is 0 Å². The fraction of sp³-hybridized carbons (Fsp3) is 0.667. The van der Waals surface area contributed by atoms with E-state index in [0.717, 1.165) is 24.2 Å². The van der Waals surface area contributed by atoms with Crippen LogP contribution in [-0.2, 0) is 0 Å². The molecule has 1 aromatic rings. The molecule has 5 atom stereocenters. The zero-order valence-electron chi connectivity index (χ0n) is 12.9. The minimum Gasteiger partial charge on any atom is -0.493 e. The second kappa shape index (κ2) is 5.77. The van der Waals surface area contributed by atoms with E-state index in [-0.39, 0.29) is 0 Å². The fourth-order valence-corrected chi connectivity index (χ4v) is 3.70. The molecule has 3 rings (SSSR count). The van der Waals surface area contributed by atoms with Crippen molar-refractivity contribution in [3.05, 3.63) is 29.8 Å². The molecule has 1 aliphatic heterocycles. The number of hydrogen-bond acceptors (Lipinski definition) is 2. The SMILES string of the molecule is CC1CCC(NC2c3ccccc3OCC2C)CC1C. The van der Waals surface area contributed by atoms with Gasteiger partial charge in [-0.1, -0.05) is 39.0 Å². The lowest BCUT2D eigenvalue weighted by atomic mass is 9.78. The van der Waals surface area contributed by atoms with E-state index in [9.17, 15) is 0 Å². The minimum atomic E-state index is 0.450. The van der Waals surface area contributed by atoms with Crippen LogP contribution in [0.4, 0.5) is 0 Å². The molecular formula is C18H27NO. The Balaban J connectivity index is 1.73. The zero-order chi connectivity index (χ0) is 14.1. The molecule has 1 fully saturated rings. The molecular weight excluding hydrogens is 246 g/mol. The number of hydrogen-bond donors (Lipinski definition) is 1. The van der Waals surface area contributed by atoms with Crippen molar-refractivity contribution in [2.45, 2.75) is 52.1 Å². The Bertz CT molecular complexity index is 458. The van der Waals surface area contributed by atoms with Crippen LogP contribution in [0.1, 0.15) is 51.6 Å². The maximum Gasteiger partial charge on any atom is 0.124 e. The standard InChI is InChI=1S/C18H27NO/c1-12-8-9-15(10-13(12)2)19-18-14(3)11-20-17-7-5-4-6-16(17)18/h4-7,12-15,18-19H,8-11H2,1-3H3. The van der Waals surface area contributed by atoms with E-state index in [1.165, 1.54) is 24.8 Å². The molecule has 5 unspecified atom stereocenters. The van der Waals surface area contributed by atoms with Crippen LogP contribution < -0.4 is 10.1 Å². The highest BCUT2D eigenvalue weighted by molar-refractivity contribution is 5.38. The lowest BCUT2D eigenvalue weighted by molar-refractivity contribution is 0.154. The lowest BCUT2D eigenvalue weighted by Gasteiger charge is -2.39. The molecule has 1 heterocycles. The molecule has 1 aromatic carbocycles. The van der Waals surface area contributed by atoms with Gasteiger partial charge in [-0.2, -0.15) is 0 Å². The molecule has 0 aromatic heterocycles. The van der Waals surface area contributed by atoms with Crippen LogP contribution in [0.5, 0.6) is 5.75 Å². The molecule has 1 aliphatic carbocycles. The molecule has 1 N–H and O–H groups in total. The number of ether oxygens (including phenoxy) is 1. The monoisotopic (exact) mass is 273 g/mol. The van der Waals surface area contributed by atoms with Crippen LogP contribution in [-0.4, -0.2) is 12.6 Å². The molecule has 2 aliphatic rings. The summed E-state index contributed by atoms with van der Waals surface area (Å²) in [6.07, 6.45) is 3.99. The van der Waals surface area contributed by atoms with Gasteiger partial charge in [-0.15, -0.1) is 0 Å². The average molecular weight is 273 g/mol. The summed E-state index contributed by atoms with van der Waals surface area (Å²) in [5.74, 6) is 3.33. The second-order valence-corrected chi connectivity index (χ2v) is 6.93. The van der Waals surface area contributed by atoms with Gasteiger partial charge in [-0.3, -0.25) is 0 Å². The molecule has 0 bridgehead atoms. The first-order valence-corrected chi connectivity index (χ1v) is 8.13. The highest BCUT2D eigenvalue weighted by Crippen LogP contribution is 2.37. The van der Waals surface area contributed by atoms with Crippen LogP contribution in [0.3, 0.4) is 0 Å². The first-order chi connectivity index (χ1) is 9.65. The van der Waals surface area contributed by atoms with Gasteiger partial charge in [0.2, 0.25) is 0 Å². The van der Waals surface area contributed by atoms with Crippen LogP contribution in [0.25, 0.3) is 0 Å². The lowest BCUT2D eigenvalue weighted by Crippen LogP contribution is -2.43. The Hall–Kier alpha value is -1.02. The highest BCUT2D eigenvalue weighted by atomic mass is 16.5. The third kappa shape index (κ3) is 2.71. The van der Waals surface area contributed by atoms with E-state index in [2.05, 4.69) is 50.4 Å². The summed E-state index contributed by atoms with van der Waals surface area (Å²) in [7, 11) is 0. The number of nitrogens with one attached hydrogen (secondary N) is 1. The summed E-state index contributed by atoms with van der Waals surface area (Å²) < 4.78 is 5.85. The Labute approximate surface area is 122 Å². The van der Waals surface area contributed by atoms with Crippen molar-refractivity contribution in [1.29, 1.82) is 0 Å². The summed E-state index contributed by atoms with van der Waals surface area (Å²) >= 11 is 0. The normalized spacial score (nSPS) is 37.0. The van der Waals surface area contributed by atoms with E-state index < -0.39 is 0 Å². The van der Waals surface area contributed by atoms with Gasteiger partial charge >= 0.3 is 0 Å². The van der Waals surface area contributed by atoms with Gasteiger partial charge in [0.1, 0.15) is 5.75 Å². The molecule has 2 heteroatoms. The number of rotatable bonds is 2. The molecule has 0 amide bonds. The summed E-state index contributed by atoms with van der Waals surface area (Å²) in [6.45, 7) is 7.92. The average Bonchev–Trinajstić information content (AvgIpc) is 2.46. The molecule has 110 valence electrons. The van der Waals surface area contributed by atoms with E-state index in [4.69, 9.17) is 4.74 Å². The zero-order valence-corrected chi connectivity index (χ0v) is 12.9. The van der Waals surface area contributed by atoms with E-state index in [0.29, 0.717) is 18.0 Å². The number of para-hydroxylation sites is 1. The Morgan fingerprint density at radius 2 is 1.80 bits per heavy atom. The summed E-state index contributed by atoms with van der Waals surface area (Å²) in [5, 5.41) is 3.93. The summed E-state index contributed by atoms with van der Waals surface area (Å²) in [4.78, 5) is 0. The maximum absolute atomic E-state index is 5.85. The quantitative estimate of drug-likeness (QED) is 0.873. The van der Waals surface area contributed by atoms with Crippen molar-refractivity contribution >= 4 is 0 Å². The molecule has 0 radical (unpaired) electrons. The largest absolute Gasteiger partial charge is 0.493 e. The van der Waals surface area contributed by atoms with Crippen molar-refractivity contribution in [3.63, 3.8) is 0 Å². The van der Waals surface area contributed by atoms with Gasteiger partial charge in [0.15, 0.2) is 0 Å². The van der Waals surface area contributed by atoms with Crippen LogP contribution in [0.2, 0.25) is 0 Å². The predicted molar refractivity (Wildman–Crippen MR) is 82.9 cm³/mol. The Morgan fingerprint density at radius 1 is 1.00 bits per heavy atom. The van der Waals surface area contributed by atoms with Crippen molar-refractivity contribution in [1.82, 2.24) is 5.32 Å². The minimum absolute atomic E-state index is 0.450. The molecule has 2 nitrogen and oxygen atoms in total. The topological polar surface area (TPSA) is 21.3 Å². The maximum atomic E-state index is 5.85. The van der Waals surface area contributed by atoms with Crippen molar-refractivity contribution in [2.24, 2.45) is 17.8 Å². The fourth-order valence-electron chi connectivity index (χ4n) is 3.70. The smallest absolute Gasteiger partial charge is 0.124 e. The van der Waals surface area contributed by atoms with E-state index >= 15 is 0 Å². The first kappa shape index (κ1) is 13.9. The van der Waals surface area contributed by atoms with Crippen molar-refractivity contribution in [2.75, 3.05) is 6.61 Å².